The summed E-state index contributed by atoms with van der Waals surface area (Å²) >= 11 is 7.34. The first-order chi connectivity index (χ1) is 14.5. The lowest BCUT2D eigenvalue weighted by Crippen LogP contribution is -2.22. The van der Waals surface area contributed by atoms with Crippen LogP contribution >= 0.6 is 23.4 Å². The molecule has 7 nitrogen and oxygen atoms in total. The number of aromatic nitrogens is 4. The first-order valence-electron chi connectivity index (χ1n) is 9.19. The number of nitrogens with one attached hydrogen (secondary N) is 1. The van der Waals surface area contributed by atoms with Crippen molar-refractivity contribution in [1.29, 1.82) is 0 Å². The molecule has 0 saturated carbocycles. The van der Waals surface area contributed by atoms with E-state index in [1.54, 1.807) is 19.9 Å². The fraction of sp³-hybridized carbons (Fsp3) is 0.143. The average molecular weight is 440 g/mol. The smallest absolute Gasteiger partial charge is 0.240 e. The van der Waals surface area contributed by atoms with E-state index in [1.807, 2.05) is 59.2 Å². The van der Waals surface area contributed by atoms with E-state index in [-0.39, 0.29) is 5.91 Å². The van der Waals surface area contributed by atoms with Gasteiger partial charge in [0.05, 0.1) is 10.9 Å². The van der Waals surface area contributed by atoms with E-state index in [0.29, 0.717) is 27.6 Å². The van der Waals surface area contributed by atoms with Crippen LogP contribution in [0.3, 0.4) is 0 Å². The Hall–Kier alpha value is -3.10. The van der Waals surface area contributed by atoms with Crippen LogP contribution in [0.15, 0.2) is 70.3 Å². The second-order valence-electron chi connectivity index (χ2n) is 6.57. The van der Waals surface area contributed by atoms with E-state index >= 15 is 0 Å². The number of nitrogens with zero attached hydrogens (tertiary/aromatic N) is 4. The van der Waals surface area contributed by atoms with Crippen LogP contribution < -0.4 is 5.32 Å². The van der Waals surface area contributed by atoms with Crippen LogP contribution in [0.2, 0.25) is 5.02 Å². The maximum absolute atomic E-state index is 12.6. The number of carbonyl (C=O) groups excluding carboxylic acids is 1. The molecule has 30 heavy (non-hydrogen) atoms. The van der Waals surface area contributed by atoms with Gasteiger partial charge >= 0.3 is 0 Å². The van der Waals surface area contributed by atoms with Crippen LogP contribution in [0.1, 0.15) is 12.6 Å². The summed E-state index contributed by atoms with van der Waals surface area (Å²) in [4.78, 5) is 12.6. The third-order valence-corrected chi connectivity index (χ3v) is 5.57. The van der Waals surface area contributed by atoms with Crippen molar-refractivity contribution in [3.8, 4) is 17.1 Å². The van der Waals surface area contributed by atoms with E-state index in [4.69, 9.17) is 16.1 Å². The third-order valence-electron chi connectivity index (χ3n) is 4.28. The molecule has 4 aromatic rings. The lowest BCUT2D eigenvalue weighted by Gasteiger charge is -2.13. The van der Waals surface area contributed by atoms with Gasteiger partial charge in [-0.1, -0.05) is 46.7 Å². The van der Waals surface area contributed by atoms with Crippen molar-refractivity contribution in [3.05, 3.63) is 71.4 Å². The highest BCUT2D eigenvalue weighted by Gasteiger charge is 2.22. The minimum absolute atomic E-state index is 0.216. The summed E-state index contributed by atoms with van der Waals surface area (Å²) in [6, 6.07) is 18.8. The minimum Gasteiger partial charge on any atom is -0.338 e. The molecule has 0 bridgehead atoms. The lowest BCUT2D eigenvalue weighted by atomic mass is 10.2. The number of anilines is 1. The Bertz CT molecular complexity index is 1160. The zero-order chi connectivity index (χ0) is 21.1. The fourth-order valence-electron chi connectivity index (χ4n) is 2.80. The van der Waals surface area contributed by atoms with Gasteiger partial charge in [0, 0.05) is 22.3 Å². The summed E-state index contributed by atoms with van der Waals surface area (Å²) in [7, 11) is 0. The zero-order valence-electron chi connectivity index (χ0n) is 16.2. The number of hydrogen-bond acceptors (Lipinski definition) is 6. The molecule has 0 fully saturated rings. The number of rotatable bonds is 6. The van der Waals surface area contributed by atoms with Gasteiger partial charge in [0.2, 0.25) is 11.8 Å². The molecular formula is C21H18ClN5O2S. The van der Waals surface area contributed by atoms with Crippen molar-refractivity contribution in [2.75, 3.05) is 5.32 Å². The van der Waals surface area contributed by atoms with Crippen molar-refractivity contribution in [2.45, 2.75) is 24.3 Å². The van der Waals surface area contributed by atoms with E-state index < -0.39 is 5.25 Å². The molecular weight excluding hydrogens is 422 g/mol. The van der Waals surface area contributed by atoms with Crippen molar-refractivity contribution in [1.82, 2.24) is 19.9 Å². The molecule has 4 rings (SSSR count). The Morgan fingerprint density at radius 2 is 1.87 bits per heavy atom. The molecule has 2 aromatic carbocycles. The lowest BCUT2D eigenvalue weighted by molar-refractivity contribution is -0.115. The predicted octanol–water partition coefficient (Wildman–Crippen LogP) is 5.00. The Kier molecular flexibility index (Phi) is 5.87. The summed E-state index contributed by atoms with van der Waals surface area (Å²) in [6.07, 6.45) is 0. The normalized spacial score (nSPS) is 12.0. The highest BCUT2D eigenvalue weighted by molar-refractivity contribution is 8.00. The second kappa shape index (κ2) is 8.73. The topological polar surface area (TPSA) is 85.8 Å². The fourth-order valence-corrected chi connectivity index (χ4v) is 3.79. The summed E-state index contributed by atoms with van der Waals surface area (Å²) in [6.45, 7) is 3.59. The zero-order valence-corrected chi connectivity index (χ0v) is 17.8. The standard InChI is InChI=1S/C21H18ClN5O2S/c1-13-12-18(29-26-13)23-20(28)14(2)30-21-25-24-19(15-8-10-16(22)11-9-15)27(21)17-6-4-3-5-7-17/h3-12,14H,1-2H3,(H,23,28). The largest absolute Gasteiger partial charge is 0.338 e. The van der Waals surface area contributed by atoms with Gasteiger partial charge in [-0.05, 0) is 50.2 Å². The monoisotopic (exact) mass is 439 g/mol. The van der Waals surface area contributed by atoms with Crippen LogP contribution in [-0.2, 0) is 4.79 Å². The molecule has 1 amide bonds. The first-order valence-corrected chi connectivity index (χ1v) is 10.4. The number of hydrogen-bond donors (Lipinski definition) is 1. The number of thioether (sulfide) groups is 1. The van der Waals surface area contributed by atoms with Crippen LogP contribution in [0.4, 0.5) is 5.88 Å². The van der Waals surface area contributed by atoms with E-state index in [9.17, 15) is 4.79 Å². The summed E-state index contributed by atoms with van der Waals surface area (Å²) in [5.41, 5.74) is 2.47. The maximum atomic E-state index is 12.6. The summed E-state index contributed by atoms with van der Waals surface area (Å²) in [5.74, 6) is 0.766. The molecule has 1 unspecified atom stereocenters. The van der Waals surface area contributed by atoms with Gasteiger partial charge in [-0.3, -0.25) is 14.7 Å². The van der Waals surface area contributed by atoms with Crippen LogP contribution in [0.5, 0.6) is 0 Å². The van der Waals surface area contributed by atoms with Gasteiger partial charge in [-0.25, -0.2) is 0 Å². The molecule has 2 aromatic heterocycles. The summed E-state index contributed by atoms with van der Waals surface area (Å²) in [5, 5.41) is 16.0. The predicted molar refractivity (Wildman–Crippen MR) is 117 cm³/mol. The molecule has 152 valence electrons. The number of aryl methyl sites for hydroxylation is 1. The number of para-hydroxylation sites is 1. The van der Waals surface area contributed by atoms with Gasteiger partial charge in [0.1, 0.15) is 0 Å². The molecule has 9 heteroatoms. The summed E-state index contributed by atoms with van der Waals surface area (Å²) < 4.78 is 6.99. The van der Waals surface area contributed by atoms with Gasteiger partial charge in [-0.2, -0.15) is 0 Å². The quantitative estimate of drug-likeness (QED) is 0.425. The second-order valence-corrected chi connectivity index (χ2v) is 8.31. The molecule has 0 saturated heterocycles. The molecule has 0 aliphatic heterocycles. The number of amides is 1. The van der Waals surface area contributed by atoms with Crippen molar-refractivity contribution in [2.24, 2.45) is 0 Å². The molecule has 0 aliphatic rings. The van der Waals surface area contributed by atoms with Gasteiger partial charge in [0.25, 0.3) is 0 Å². The molecule has 0 radical (unpaired) electrons. The van der Waals surface area contributed by atoms with Crippen LogP contribution in [0, 0.1) is 6.92 Å². The SMILES string of the molecule is Cc1cc(NC(=O)C(C)Sc2nnc(-c3ccc(Cl)cc3)n2-c2ccccc2)on1. The highest BCUT2D eigenvalue weighted by Crippen LogP contribution is 2.31. The molecule has 2 heterocycles. The van der Waals surface area contributed by atoms with Crippen LogP contribution in [0.25, 0.3) is 17.1 Å². The van der Waals surface area contributed by atoms with Gasteiger partial charge in [0.15, 0.2) is 11.0 Å². The number of halogens is 1. The molecule has 1 N–H and O–H groups in total. The highest BCUT2D eigenvalue weighted by atomic mass is 35.5. The average Bonchev–Trinajstić information content (AvgIpc) is 3.35. The van der Waals surface area contributed by atoms with Crippen LogP contribution in [-0.4, -0.2) is 31.1 Å². The van der Waals surface area contributed by atoms with Crippen molar-refractivity contribution >= 4 is 35.2 Å². The minimum atomic E-state index is -0.444. The van der Waals surface area contributed by atoms with Crippen molar-refractivity contribution in [3.63, 3.8) is 0 Å². The van der Waals surface area contributed by atoms with Crippen molar-refractivity contribution < 1.29 is 9.32 Å². The Balaban J connectivity index is 1.64. The van der Waals surface area contributed by atoms with Gasteiger partial charge < -0.3 is 4.52 Å². The van der Waals surface area contributed by atoms with Gasteiger partial charge in [-0.15, -0.1) is 10.2 Å². The molecule has 0 aliphatic carbocycles. The van der Waals surface area contributed by atoms with E-state index in [1.165, 1.54) is 11.8 Å². The first kappa shape index (κ1) is 20.2. The van der Waals surface area contributed by atoms with E-state index in [0.717, 1.165) is 11.3 Å². The molecule has 1 atom stereocenters. The third kappa shape index (κ3) is 4.39. The Morgan fingerprint density at radius 3 is 2.53 bits per heavy atom. The Labute approximate surface area is 182 Å². The maximum Gasteiger partial charge on any atom is 0.240 e. The Morgan fingerprint density at radius 1 is 1.13 bits per heavy atom. The molecule has 0 spiro atoms. The number of benzene rings is 2. The van der Waals surface area contributed by atoms with E-state index in [2.05, 4.69) is 20.7 Å². The number of carbonyl (C=O) groups is 1.